The standard InChI is InChI=1S/C13H13N3O3/c14-11-6-9-4-2-1-3-8(9)5-10(11)13(18)16-19-7-12(15)17/h1-6H,7,14H2,(H2,15,17)(H,16,18). The number of carbonyl (C=O) groups excluding carboxylic acids is 2. The van der Waals surface area contributed by atoms with Crippen molar-refractivity contribution < 1.29 is 14.4 Å². The van der Waals surface area contributed by atoms with Crippen LogP contribution in [0.25, 0.3) is 10.8 Å². The lowest BCUT2D eigenvalue weighted by atomic mass is 10.0. The molecule has 2 aromatic carbocycles. The van der Waals surface area contributed by atoms with Crippen LogP contribution in [0, 0.1) is 0 Å². The third-order valence-corrected chi connectivity index (χ3v) is 2.54. The third kappa shape index (κ3) is 2.99. The summed E-state index contributed by atoms with van der Waals surface area (Å²) >= 11 is 0. The number of anilines is 1. The molecule has 0 radical (unpaired) electrons. The minimum Gasteiger partial charge on any atom is -0.398 e. The van der Waals surface area contributed by atoms with E-state index in [2.05, 4.69) is 10.3 Å². The number of amides is 2. The number of carbonyl (C=O) groups is 2. The minimum absolute atomic E-state index is 0.281. The Balaban J connectivity index is 2.21. The Morgan fingerprint density at radius 3 is 2.42 bits per heavy atom. The van der Waals surface area contributed by atoms with E-state index in [0.29, 0.717) is 5.69 Å². The normalized spacial score (nSPS) is 10.3. The monoisotopic (exact) mass is 259 g/mol. The number of hydroxylamine groups is 1. The van der Waals surface area contributed by atoms with Crippen molar-refractivity contribution in [2.24, 2.45) is 5.73 Å². The van der Waals surface area contributed by atoms with Gasteiger partial charge >= 0.3 is 0 Å². The molecule has 19 heavy (non-hydrogen) atoms. The number of nitrogens with one attached hydrogen (secondary N) is 1. The molecule has 2 rings (SSSR count). The van der Waals surface area contributed by atoms with Crippen LogP contribution in [0.2, 0.25) is 0 Å². The van der Waals surface area contributed by atoms with Crippen LogP contribution >= 0.6 is 0 Å². The fourth-order valence-corrected chi connectivity index (χ4v) is 1.68. The Bertz CT molecular complexity index is 640. The topological polar surface area (TPSA) is 107 Å². The summed E-state index contributed by atoms with van der Waals surface area (Å²) in [5.74, 6) is -1.20. The summed E-state index contributed by atoms with van der Waals surface area (Å²) < 4.78 is 0. The molecule has 2 amide bonds. The molecule has 6 nitrogen and oxygen atoms in total. The van der Waals surface area contributed by atoms with Crippen LogP contribution in [0.4, 0.5) is 5.69 Å². The van der Waals surface area contributed by atoms with Gasteiger partial charge in [-0.15, -0.1) is 0 Å². The molecule has 2 aromatic rings. The Hall–Kier alpha value is -2.60. The van der Waals surface area contributed by atoms with E-state index in [9.17, 15) is 9.59 Å². The summed E-state index contributed by atoms with van der Waals surface area (Å²) in [5.41, 5.74) is 13.4. The smallest absolute Gasteiger partial charge is 0.276 e. The van der Waals surface area contributed by atoms with Crippen molar-refractivity contribution in [1.82, 2.24) is 5.48 Å². The molecule has 0 unspecified atom stereocenters. The third-order valence-electron chi connectivity index (χ3n) is 2.54. The van der Waals surface area contributed by atoms with Crippen LogP contribution in [0.3, 0.4) is 0 Å². The molecular weight excluding hydrogens is 246 g/mol. The van der Waals surface area contributed by atoms with Crippen LogP contribution < -0.4 is 16.9 Å². The van der Waals surface area contributed by atoms with Crippen LogP contribution in [0.5, 0.6) is 0 Å². The van der Waals surface area contributed by atoms with Gasteiger partial charge in [-0.3, -0.25) is 14.4 Å². The predicted octanol–water partition coefficient (Wildman–Crippen LogP) is 0.569. The SMILES string of the molecule is NC(=O)CONC(=O)c1cc2ccccc2cc1N. The van der Waals surface area contributed by atoms with Crippen molar-refractivity contribution in [3.8, 4) is 0 Å². The zero-order valence-corrected chi connectivity index (χ0v) is 10.1. The molecule has 0 fully saturated rings. The molecule has 0 aliphatic rings. The first-order valence-electron chi connectivity index (χ1n) is 5.56. The molecule has 0 saturated carbocycles. The lowest BCUT2D eigenvalue weighted by Crippen LogP contribution is -2.29. The quantitative estimate of drug-likeness (QED) is 0.551. The van der Waals surface area contributed by atoms with Crippen molar-refractivity contribution in [2.45, 2.75) is 0 Å². The van der Waals surface area contributed by atoms with Gasteiger partial charge in [0.25, 0.3) is 5.91 Å². The van der Waals surface area contributed by atoms with E-state index < -0.39 is 11.8 Å². The Kier molecular flexibility index (Phi) is 3.63. The lowest BCUT2D eigenvalue weighted by molar-refractivity contribution is -0.124. The zero-order chi connectivity index (χ0) is 13.8. The van der Waals surface area contributed by atoms with Crippen LogP contribution in [0.15, 0.2) is 36.4 Å². The van der Waals surface area contributed by atoms with E-state index in [4.69, 9.17) is 11.5 Å². The van der Waals surface area contributed by atoms with Crippen molar-refractivity contribution in [3.63, 3.8) is 0 Å². The minimum atomic E-state index is -0.674. The largest absolute Gasteiger partial charge is 0.398 e. The Morgan fingerprint density at radius 2 is 1.79 bits per heavy atom. The van der Waals surface area contributed by atoms with E-state index in [0.717, 1.165) is 10.8 Å². The number of nitrogens with two attached hydrogens (primary N) is 2. The van der Waals surface area contributed by atoms with Crippen LogP contribution in [0.1, 0.15) is 10.4 Å². The number of primary amides is 1. The number of nitrogen functional groups attached to an aromatic ring is 1. The highest BCUT2D eigenvalue weighted by Crippen LogP contribution is 2.21. The predicted molar refractivity (Wildman–Crippen MR) is 71.0 cm³/mol. The fraction of sp³-hybridized carbons (Fsp3) is 0.0769. The zero-order valence-electron chi connectivity index (χ0n) is 10.1. The van der Waals surface area contributed by atoms with E-state index in [1.165, 1.54) is 0 Å². The van der Waals surface area contributed by atoms with Crippen molar-refractivity contribution >= 4 is 28.3 Å². The van der Waals surface area contributed by atoms with E-state index in [1.54, 1.807) is 12.1 Å². The molecule has 0 atom stereocenters. The first-order valence-corrected chi connectivity index (χ1v) is 5.56. The molecular formula is C13H13N3O3. The molecule has 6 heteroatoms. The van der Waals surface area contributed by atoms with Gasteiger partial charge in [-0.2, -0.15) is 0 Å². The average molecular weight is 259 g/mol. The van der Waals surface area contributed by atoms with Gasteiger partial charge in [0.1, 0.15) is 0 Å². The van der Waals surface area contributed by atoms with Crippen molar-refractivity contribution in [3.05, 3.63) is 42.0 Å². The van der Waals surface area contributed by atoms with E-state index >= 15 is 0 Å². The van der Waals surface area contributed by atoms with Crippen LogP contribution in [-0.4, -0.2) is 18.4 Å². The highest BCUT2D eigenvalue weighted by atomic mass is 16.7. The molecule has 0 bridgehead atoms. The molecule has 0 aromatic heterocycles. The molecule has 98 valence electrons. The second kappa shape index (κ2) is 5.36. The maximum Gasteiger partial charge on any atom is 0.276 e. The summed E-state index contributed by atoms with van der Waals surface area (Å²) in [7, 11) is 0. The summed E-state index contributed by atoms with van der Waals surface area (Å²) in [4.78, 5) is 27.0. The fourth-order valence-electron chi connectivity index (χ4n) is 1.68. The molecule has 0 aliphatic carbocycles. The molecule has 0 spiro atoms. The molecule has 0 aliphatic heterocycles. The summed E-state index contributed by atoms with van der Waals surface area (Å²) in [6, 6.07) is 10.9. The highest BCUT2D eigenvalue weighted by Gasteiger charge is 2.11. The maximum atomic E-state index is 11.8. The summed E-state index contributed by atoms with van der Waals surface area (Å²) in [6.45, 7) is -0.390. The Morgan fingerprint density at radius 1 is 1.16 bits per heavy atom. The number of hydrogen-bond acceptors (Lipinski definition) is 4. The van der Waals surface area contributed by atoms with Gasteiger partial charge in [0.05, 0.1) is 5.56 Å². The van der Waals surface area contributed by atoms with Gasteiger partial charge in [0, 0.05) is 5.69 Å². The van der Waals surface area contributed by atoms with Gasteiger partial charge < -0.3 is 11.5 Å². The summed E-state index contributed by atoms with van der Waals surface area (Å²) in [5, 5.41) is 1.83. The highest BCUT2D eigenvalue weighted by molar-refractivity contribution is 6.03. The Labute approximate surface area is 109 Å². The molecule has 0 saturated heterocycles. The lowest BCUT2D eigenvalue weighted by Gasteiger charge is -2.08. The van der Waals surface area contributed by atoms with Crippen LogP contribution in [-0.2, 0) is 9.63 Å². The van der Waals surface area contributed by atoms with E-state index in [1.807, 2.05) is 24.3 Å². The second-order valence-electron chi connectivity index (χ2n) is 3.97. The number of fused-ring (bicyclic) bond motifs is 1. The number of hydrogen-bond donors (Lipinski definition) is 3. The van der Waals surface area contributed by atoms with Gasteiger partial charge in [-0.1, -0.05) is 24.3 Å². The molecule has 5 N–H and O–H groups in total. The van der Waals surface area contributed by atoms with Gasteiger partial charge in [0.2, 0.25) is 5.91 Å². The first kappa shape index (κ1) is 12.8. The maximum absolute atomic E-state index is 11.8. The first-order chi connectivity index (χ1) is 9.08. The summed E-state index contributed by atoms with van der Waals surface area (Å²) in [6.07, 6.45) is 0. The average Bonchev–Trinajstić information content (AvgIpc) is 2.37. The van der Waals surface area contributed by atoms with Crippen molar-refractivity contribution in [2.75, 3.05) is 12.3 Å². The van der Waals surface area contributed by atoms with Crippen molar-refractivity contribution in [1.29, 1.82) is 0 Å². The second-order valence-corrected chi connectivity index (χ2v) is 3.97. The van der Waals surface area contributed by atoms with Gasteiger partial charge in [-0.05, 0) is 22.9 Å². The molecule has 0 heterocycles. The van der Waals surface area contributed by atoms with Gasteiger partial charge in [0.15, 0.2) is 6.61 Å². The number of rotatable bonds is 4. The van der Waals surface area contributed by atoms with Gasteiger partial charge in [-0.25, -0.2) is 5.48 Å². The van der Waals surface area contributed by atoms with E-state index in [-0.39, 0.29) is 12.2 Å². The number of benzene rings is 2.